The highest BCUT2D eigenvalue weighted by molar-refractivity contribution is 5.23. The molecule has 0 N–H and O–H groups in total. The lowest BCUT2D eigenvalue weighted by molar-refractivity contribution is 0.158. The van der Waals surface area contributed by atoms with Gasteiger partial charge in [0.05, 0.1) is 0 Å². The molecule has 0 aromatic heterocycles. The minimum atomic E-state index is 0.831. The van der Waals surface area contributed by atoms with Gasteiger partial charge in [-0.2, -0.15) is 0 Å². The summed E-state index contributed by atoms with van der Waals surface area (Å²) in [4.78, 5) is 0. The molecule has 2 fully saturated rings. The molecule has 0 unspecified atom stereocenters. The molecule has 2 aliphatic rings. The van der Waals surface area contributed by atoms with E-state index in [1.807, 2.05) is 6.08 Å². The van der Waals surface area contributed by atoms with Crippen molar-refractivity contribution in [2.24, 2.45) is 23.7 Å². The van der Waals surface area contributed by atoms with Gasteiger partial charge in [0.15, 0.2) is 0 Å². The summed E-state index contributed by atoms with van der Waals surface area (Å²) in [5, 5.41) is 0. The molecule has 2 aliphatic carbocycles. The molecular formula is C21H34. The lowest BCUT2D eigenvalue weighted by Crippen LogP contribution is -2.25. The zero-order valence-electron chi connectivity index (χ0n) is 14.4. The maximum Gasteiger partial charge on any atom is -0.0203 e. The SMILES string of the molecule is C=C/C(C)=C\C=C(/C)C1CCC(C2CCC(C)CC2)CC1. The van der Waals surface area contributed by atoms with Crippen LogP contribution in [-0.4, -0.2) is 0 Å². The van der Waals surface area contributed by atoms with Gasteiger partial charge in [0.25, 0.3) is 0 Å². The maximum absolute atomic E-state index is 3.82. The Balaban J connectivity index is 1.81. The van der Waals surface area contributed by atoms with Gasteiger partial charge in [-0.15, -0.1) is 0 Å². The molecule has 0 amide bonds. The highest BCUT2D eigenvalue weighted by Crippen LogP contribution is 2.42. The van der Waals surface area contributed by atoms with E-state index in [9.17, 15) is 0 Å². The molecule has 0 bridgehead atoms. The first kappa shape index (κ1) is 16.6. The van der Waals surface area contributed by atoms with Gasteiger partial charge in [0, 0.05) is 0 Å². The van der Waals surface area contributed by atoms with E-state index in [0.717, 1.165) is 23.7 Å². The highest BCUT2D eigenvalue weighted by Gasteiger charge is 2.30. The Morgan fingerprint density at radius 3 is 1.86 bits per heavy atom. The van der Waals surface area contributed by atoms with Gasteiger partial charge >= 0.3 is 0 Å². The largest absolute Gasteiger partial charge is 0.0988 e. The standard InChI is InChI=1S/C21H34/c1-5-16(2)6-9-18(4)19-12-14-21(15-13-19)20-10-7-17(3)8-11-20/h5-6,9,17,19-21H,1,7-8,10-15H2,2-4H3/b16-6-,18-9+. The van der Waals surface area contributed by atoms with Crippen LogP contribution >= 0.6 is 0 Å². The third-order valence-corrected chi connectivity index (χ3v) is 6.07. The van der Waals surface area contributed by atoms with Crippen LogP contribution in [0.5, 0.6) is 0 Å². The smallest absolute Gasteiger partial charge is 0.0203 e. The molecule has 0 aromatic rings. The van der Waals surface area contributed by atoms with Crippen molar-refractivity contribution in [3.8, 4) is 0 Å². The predicted octanol–water partition coefficient (Wildman–Crippen LogP) is 6.70. The van der Waals surface area contributed by atoms with Crippen molar-refractivity contribution in [1.29, 1.82) is 0 Å². The summed E-state index contributed by atoms with van der Waals surface area (Å²) >= 11 is 0. The van der Waals surface area contributed by atoms with Gasteiger partial charge in [-0.3, -0.25) is 0 Å². The van der Waals surface area contributed by atoms with Gasteiger partial charge in [0.1, 0.15) is 0 Å². The second-order valence-corrected chi connectivity index (χ2v) is 7.66. The second kappa shape index (κ2) is 8.01. The van der Waals surface area contributed by atoms with Crippen LogP contribution < -0.4 is 0 Å². The highest BCUT2D eigenvalue weighted by atomic mass is 14.4. The minimum Gasteiger partial charge on any atom is -0.0988 e. The molecule has 0 nitrogen and oxygen atoms in total. The Hall–Kier alpha value is -0.780. The molecule has 2 rings (SSSR count). The Morgan fingerprint density at radius 1 is 0.810 bits per heavy atom. The fraction of sp³-hybridized carbons (Fsp3) is 0.714. The quantitative estimate of drug-likeness (QED) is 0.504. The fourth-order valence-electron chi connectivity index (χ4n) is 4.27. The summed E-state index contributed by atoms with van der Waals surface area (Å²) in [5.74, 6) is 3.90. The molecule has 0 aliphatic heterocycles. The van der Waals surface area contributed by atoms with Gasteiger partial charge in [-0.05, 0) is 76.0 Å². The first-order valence-electron chi connectivity index (χ1n) is 9.07. The molecule has 0 radical (unpaired) electrons. The first-order valence-corrected chi connectivity index (χ1v) is 9.07. The zero-order chi connectivity index (χ0) is 15.2. The molecule has 21 heavy (non-hydrogen) atoms. The Kier molecular flexibility index (Phi) is 6.33. The molecule has 0 aromatic carbocycles. The van der Waals surface area contributed by atoms with Crippen LogP contribution in [0.1, 0.15) is 72.1 Å². The number of allylic oxidation sites excluding steroid dienone is 5. The van der Waals surface area contributed by atoms with Crippen molar-refractivity contribution in [1.82, 2.24) is 0 Å². The minimum absolute atomic E-state index is 0.831. The average molecular weight is 287 g/mol. The Bertz CT molecular complexity index is 382. The number of hydrogen-bond donors (Lipinski definition) is 0. The predicted molar refractivity (Wildman–Crippen MR) is 94.3 cm³/mol. The topological polar surface area (TPSA) is 0 Å². The van der Waals surface area contributed by atoms with Gasteiger partial charge in [-0.25, -0.2) is 0 Å². The lowest BCUT2D eigenvalue weighted by Gasteiger charge is -2.37. The summed E-state index contributed by atoms with van der Waals surface area (Å²) in [7, 11) is 0. The monoisotopic (exact) mass is 286 g/mol. The summed E-state index contributed by atoms with van der Waals surface area (Å²) < 4.78 is 0. The van der Waals surface area contributed by atoms with Crippen LogP contribution in [0.2, 0.25) is 0 Å². The molecule has 118 valence electrons. The average Bonchev–Trinajstić information content (AvgIpc) is 2.53. The third kappa shape index (κ3) is 4.87. The Morgan fingerprint density at radius 2 is 1.33 bits per heavy atom. The van der Waals surface area contributed by atoms with E-state index in [2.05, 4.69) is 39.5 Å². The lowest BCUT2D eigenvalue weighted by atomic mass is 9.68. The van der Waals surface area contributed by atoms with Crippen molar-refractivity contribution < 1.29 is 0 Å². The van der Waals surface area contributed by atoms with Crippen LogP contribution in [0.25, 0.3) is 0 Å². The summed E-state index contributed by atoms with van der Waals surface area (Å²) in [5.41, 5.74) is 2.84. The summed E-state index contributed by atoms with van der Waals surface area (Å²) in [6.07, 6.45) is 18.2. The van der Waals surface area contributed by atoms with Gasteiger partial charge in [-0.1, -0.05) is 55.7 Å². The van der Waals surface area contributed by atoms with Gasteiger partial charge < -0.3 is 0 Å². The zero-order valence-corrected chi connectivity index (χ0v) is 14.4. The molecule has 0 heteroatoms. The van der Waals surface area contributed by atoms with Crippen LogP contribution in [0.3, 0.4) is 0 Å². The van der Waals surface area contributed by atoms with E-state index in [-0.39, 0.29) is 0 Å². The van der Waals surface area contributed by atoms with Crippen molar-refractivity contribution in [3.05, 3.63) is 36.0 Å². The van der Waals surface area contributed by atoms with Crippen LogP contribution in [0.15, 0.2) is 36.0 Å². The van der Waals surface area contributed by atoms with Crippen LogP contribution in [0.4, 0.5) is 0 Å². The van der Waals surface area contributed by atoms with Crippen molar-refractivity contribution in [3.63, 3.8) is 0 Å². The van der Waals surface area contributed by atoms with Crippen molar-refractivity contribution in [2.75, 3.05) is 0 Å². The second-order valence-electron chi connectivity index (χ2n) is 7.66. The number of rotatable bonds is 4. The summed E-state index contributed by atoms with van der Waals surface area (Å²) in [6, 6.07) is 0. The Labute approximate surface area is 132 Å². The molecule has 2 saturated carbocycles. The van der Waals surface area contributed by atoms with Crippen LogP contribution in [-0.2, 0) is 0 Å². The third-order valence-electron chi connectivity index (χ3n) is 6.07. The van der Waals surface area contributed by atoms with E-state index < -0.39 is 0 Å². The summed E-state index contributed by atoms with van der Waals surface area (Å²) in [6.45, 7) is 10.7. The molecular weight excluding hydrogens is 252 g/mol. The first-order chi connectivity index (χ1) is 10.1. The molecule has 0 atom stereocenters. The van der Waals surface area contributed by atoms with E-state index in [1.54, 1.807) is 5.57 Å². The van der Waals surface area contributed by atoms with Gasteiger partial charge in [0.2, 0.25) is 0 Å². The van der Waals surface area contributed by atoms with E-state index >= 15 is 0 Å². The fourth-order valence-corrected chi connectivity index (χ4v) is 4.27. The van der Waals surface area contributed by atoms with Crippen molar-refractivity contribution in [2.45, 2.75) is 72.1 Å². The van der Waals surface area contributed by atoms with Crippen LogP contribution in [0, 0.1) is 23.7 Å². The van der Waals surface area contributed by atoms with E-state index in [4.69, 9.17) is 0 Å². The van der Waals surface area contributed by atoms with E-state index in [0.29, 0.717) is 0 Å². The number of hydrogen-bond acceptors (Lipinski definition) is 0. The molecule has 0 spiro atoms. The van der Waals surface area contributed by atoms with E-state index in [1.165, 1.54) is 56.9 Å². The molecule has 0 heterocycles. The maximum atomic E-state index is 3.82. The van der Waals surface area contributed by atoms with Crippen molar-refractivity contribution >= 4 is 0 Å². The molecule has 0 saturated heterocycles. The normalized spacial score (nSPS) is 35.6.